The number of nitro benzene ring substituents is 1. The van der Waals surface area contributed by atoms with Gasteiger partial charge in [-0.05, 0) is 34.2 Å². The molecular formula is C8H5ClINO4. The number of rotatable bonds is 3. The number of halogens is 2. The monoisotopic (exact) mass is 341 g/mol. The standard InChI is InChI=1S/C8H5ClINO4/c1-15-7-5(8(9)12)2-4(11(13)14)3-6(7)10/h2-3H,1H3. The highest BCUT2D eigenvalue weighted by molar-refractivity contribution is 14.1. The lowest BCUT2D eigenvalue weighted by molar-refractivity contribution is -0.385. The topological polar surface area (TPSA) is 69.4 Å². The SMILES string of the molecule is COc1c(I)cc([N+](=O)[O-])cc1C(=O)Cl. The van der Waals surface area contributed by atoms with Crippen molar-refractivity contribution in [3.05, 3.63) is 31.4 Å². The van der Waals surface area contributed by atoms with Gasteiger partial charge in [0.2, 0.25) is 0 Å². The van der Waals surface area contributed by atoms with Crippen LogP contribution in [0.4, 0.5) is 5.69 Å². The third-order valence-electron chi connectivity index (χ3n) is 1.66. The second-order valence-corrected chi connectivity index (χ2v) is 4.04. The zero-order valence-electron chi connectivity index (χ0n) is 7.49. The van der Waals surface area contributed by atoms with Crippen LogP contribution < -0.4 is 4.74 Å². The van der Waals surface area contributed by atoms with E-state index < -0.39 is 10.2 Å². The first-order chi connectivity index (χ1) is 6.97. The maximum Gasteiger partial charge on any atom is 0.271 e. The number of hydrogen-bond donors (Lipinski definition) is 0. The molecule has 0 fully saturated rings. The van der Waals surface area contributed by atoms with E-state index in [0.29, 0.717) is 3.57 Å². The van der Waals surface area contributed by atoms with Gasteiger partial charge in [-0.1, -0.05) is 0 Å². The first-order valence-corrected chi connectivity index (χ1v) is 5.14. The molecule has 5 nitrogen and oxygen atoms in total. The van der Waals surface area contributed by atoms with Gasteiger partial charge in [-0.3, -0.25) is 14.9 Å². The molecule has 15 heavy (non-hydrogen) atoms. The van der Waals surface area contributed by atoms with Crippen LogP contribution >= 0.6 is 34.2 Å². The van der Waals surface area contributed by atoms with Gasteiger partial charge >= 0.3 is 0 Å². The molecule has 80 valence electrons. The van der Waals surface area contributed by atoms with Crippen LogP contribution in [0.2, 0.25) is 0 Å². The van der Waals surface area contributed by atoms with Gasteiger partial charge in [-0.25, -0.2) is 0 Å². The molecule has 0 unspecified atom stereocenters. The Morgan fingerprint density at radius 2 is 2.20 bits per heavy atom. The number of nitro groups is 1. The number of nitrogens with zero attached hydrogens (tertiary/aromatic N) is 1. The smallest absolute Gasteiger partial charge is 0.271 e. The molecule has 0 aliphatic heterocycles. The molecule has 0 aliphatic rings. The maximum atomic E-state index is 11.0. The Hall–Kier alpha value is -0.890. The summed E-state index contributed by atoms with van der Waals surface area (Å²) in [5, 5.41) is 9.75. The van der Waals surface area contributed by atoms with E-state index in [0.717, 1.165) is 6.07 Å². The van der Waals surface area contributed by atoms with E-state index in [1.54, 1.807) is 0 Å². The van der Waals surface area contributed by atoms with Crippen molar-refractivity contribution in [1.82, 2.24) is 0 Å². The summed E-state index contributed by atoms with van der Waals surface area (Å²) in [4.78, 5) is 21.0. The lowest BCUT2D eigenvalue weighted by Crippen LogP contribution is -2.00. The van der Waals surface area contributed by atoms with Gasteiger partial charge in [0.25, 0.3) is 10.9 Å². The number of ether oxygens (including phenoxy) is 1. The summed E-state index contributed by atoms with van der Waals surface area (Å²) in [7, 11) is 1.37. The molecule has 0 N–H and O–H groups in total. The molecule has 0 saturated carbocycles. The Balaban J connectivity index is 3.45. The van der Waals surface area contributed by atoms with Gasteiger partial charge in [0.1, 0.15) is 5.75 Å². The summed E-state index contributed by atoms with van der Waals surface area (Å²) in [6.45, 7) is 0. The molecule has 0 bridgehead atoms. The van der Waals surface area contributed by atoms with Crippen LogP contribution in [0, 0.1) is 13.7 Å². The average Bonchev–Trinajstić information content (AvgIpc) is 2.16. The fourth-order valence-electron chi connectivity index (χ4n) is 1.04. The lowest BCUT2D eigenvalue weighted by atomic mass is 10.2. The Morgan fingerprint density at radius 3 is 2.60 bits per heavy atom. The van der Waals surface area contributed by atoms with Crippen LogP contribution in [0.5, 0.6) is 5.75 Å². The van der Waals surface area contributed by atoms with Crippen LogP contribution in [0.1, 0.15) is 10.4 Å². The molecule has 7 heteroatoms. The van der Waals surface area contributed by atoms with E-state index >= 15 is 0 Å². The van der Waals surface area contributed by atoms with Crippen molar-refractivity contribution < 1.29 is 14.5 Å². The fourth-order valence-corrected chi connectivity index (χ4v) is 2.01. The molecule has 1 aromatic carbocycles. The van der Waals surface area contributed by atoms with Crippen molar-refractivity contribution >= 4 is 45.1 Å². The highest BCUT2D eigenvalue weighted by Crippen LogP contribution is 2.31. The molecule has 0 aliphatic carbocycles. The van der Waals surface area contributed by atoms with Crippen LogP contribution in [-0.4, -0.2) is 17.3 Å². The fraction of sp³-hybridized carbons (Fsp3) is 0.125. The van der Waals surface area contributed by atoms with Gasteiger partial charge in [0, 0.05) is 12.1 Å². The number of carbonyl (C=O) groups excluding carboxylic acids is 1. The summed E-state index contributed by atoms with van der Waals surface area (Å²) in [6, 6.07) is 2.40. The minimum atomic E-state index is -0.784. The van der Waals surface area contributed by atoms with Crippen molar-refractivity contribution in [3.63, 3.8) is 0 Å². The predicted octanol–water partition coefficient (Wildman–Crippen LogP) is 2.59. The van der Waals surface area contributed by atoms with Gasteiger partial charge < -0.3 is 4.74 Å². The second-order valence-electron chi connectivity index (χ2n) is 2.54. The molecule has 1 rings (SSSR count). The van der Waals surface area contributed by atoms with E-state index in [9.17, 15) is 14.9 Å². The zero-order valence-corrected chi connectivity index (χ0v) is 10.4. The van der Waals surface area contributed by atoms with E-state index in [-0.39, 0.29) is 17.0 Å². The highest BCUT2D eigenvalue weighted by atomic mass is 127. The van der Waals surface area contributed by atoms with Crippen molar-refractivity contribution in [3.8, 4) is 5.75 Å². The predicted molar refractivity (Wildman–Crippen MR) is 62.5 cm³/mol. The average molecular weight is 341 g/mol. The minimum absolute atomic E-state index is 0.00207. The van der Waals surface area contributed by atoms with E-state index in [1.807, 2.05) is 22.6 Å². The number of methoxy groups -OCH3 is 1. The number of non-ortho nitro benzene ring substituents is 1. The first-order valence-electron chi connectivity index (χ1n) is 3.69. The largest absolute Gasteiger partial charge is 0.495 e. The molecule has 0 atom stereocenters. The molecule has 0 heterocycles. The summed E-state index contributed by atoms with van der Waals surface area (Å²) < 4.78 is 5.40. The number of hydrogen-bond acceptors (Lipinski definition) is 4. The van der Waals surface area contributed by atoms with Crippen molar-refractivity contribution in [2.24, 2.45) is 0 Å². The number of benzene rings is 1. The normalized spacial score (nSPS) is 9.80. The maximum absolute atomic E-state index is 11.0. The third-order valence-corrected chi connectivity index (χ3v) is 2.66. The minimum Gasteiger partial charge on any atom is -0.495 e. The Kier molecular flexibility index (Phi) is 3.86. The van der Waals surface area contributed by atoms with Crippen molar-refractivity contribution in [2.75, 3.05) is 7.11 Å². The molecular weight excluding hydrogens is 336 g/mol. The Bertz CT molecular complexity index is 435. The molecule has 0 spiro atoms. The highest BCUT2D eigenvalue weighted by Gasteiger charge is 2.19. The van der Waals surface area contributed by atoms with Crippen molar-refractivity contribution in [2.45, 2.75) is 0 Å². The molecule has 0 amide bonds. The number of carbonyl (C=O) groups is 1. The van der Waals surface area contributed by atoms with Gasteiger partial charge in [-0.2, -0.15) is 0 Å². The van der Waals surface area contributed by atoms with E-state index in [1.165, 1.54) is 13.2 Å². The van der Waals surface area contributed by atoms with Gasteiger partial charge in [0.15, 0.2) is 0 Å². The van der Waals surface area contributed by atoms with Crippen molar-refractivity contribution in [1.29, 1.82) is 0 Å². The van der Waals surface area contributed by atoms with Gasteiger partial charge in [-0.15, -0.1) is 0 Å². The molecule has 0 radical (unpaired) electrons. The first kappa shape index (κ1) is 12.2. The third kappa shape index (κ3) is 2.57. The molecule has 0 aromatic heterocycles. The summed E-state index contributed by atoms with van der Waals surface area (Å²) in [5.41, 5.74) is -0.193. The summed E-state index contributed by atoms with van der Waals surface area (Å²) in [6.07, 6.45) is 0. The zero-order chi connectivity index (χ0) is 11.6. The van der Waals surface area contributed by atoms with Crippen LogP contribution in [0.3, 0.4) is 0 Å². The molecule has 1 aromatic rings. The van der Waals surface area contributed by atoms with Crippen LogP contribution in [-0.2, 0) is 0 Å². The van der Waals surface area contributed by atoms with Gasteiger partial charge in [0.05, 0.1) is 21.2 Å². The lowest BCUT2D eigenvalue weighted by Gasteiger charge is -2.06. The van der Waals surface area contributed by atoms with E-state index in [4.69, 9.17) is 16.3 Å². The van der Waals surface area contributed by atoms with Crippen LogP contribution in [0.15, 0.2) is 12.1 Å². The Labute approximate surface area is 104 Å². The second kappa shape index (κ2) is 4.75. The summed E-state index contributed by atoms with van der Waals surface area (Å²) >= 11 is 7.13. The Morgan fingerprint density at radius 1 is 1.60 bits per heavy atom. The van der Waals surface area contributed by atoms with E-state index in [2.05, 4.69) is 0 Å². The quantitative estimate of drug-likeness (QED) is 0.367. The van der Waals surface area contributed by atoms with Crippen LogP contribution in [0.25, 0.3) is 0 Å². The summed E-state index contributed by atoms with van der Waals surface area (Å²) in [5.74, 6) is 0.251. The molecule has 0 saturated heterocycles.